The van der Waals surface area contributed by atoms with E-state index in [1.165, 1.54) is 0 Å². The van der Waals surface area contributed by atoms with E-state index < -0.39 is 12.1 Å². The molecular formula is C15H18N4O2. The topological polar surface area (TPSA) is 94.0 Å². The highest BCUT2D eigenvalue weighted by Crippen LogP contribution is 2.16. The van der Waals surface area contributed by atoms with Crippen LogP contribution in [0.5, 0.6) is 0 Å². The van der Waals surface area contributed by atoms with Gasteiger partial charge in [-0.3, -0.25) is 4.79 Å². The van der Waals surface area contributed by atoms with Gasteiger partial charge in [-0.15, -0.1) is 0 Å². The Morgan fingerprint density at radius 1 is 1.43 bits per heavy atom. The quantitative estimate of drug-likeness (QED) is 0.771. The third-order valence-corrected chi connectivity index (χ3v) is 3.46. The van der Waals surface area contributed by atoms with Crippen LogP contribution in [0.15, 0.2) is 18.2 Å². The molecule has 1 aliphatic heterocycles. The number of anilines is 1. The van der Waals surface area contributed by atoms with Gasteiger partial charge in [-0.25, -0.2) is 4.79 Å². The minimum atomic E-state index is -0.507. The molecule has 6 heteroatoms. The highest BCUT2D eigenvalue weighted by Gasteiger charge is 2.22. The molecule has 3 amide bonds. The number of carbonyl (C=O) groups excluding carboxylic acids is 2. The molecule has 0 spiro atoms. The van der Waals surface area contributed by atoms with Crippen LogP contribution < -0.4 is 16.0 Å². The molecule has 3 N–H and O–H groups in total. The number of hydrogen-bond donors (Lipinski definition) is 3. The number of nitrogens with one attached hydrogen (secondary N) is 3. The third-order valence-electron chi connectivity index (χ3n) is 3.46. The maximum absolute atomic E-state index is 12.0. The fourth-order valence-corrected chi connectivity index (χ4v) is 2.22. The van der Waals surface area contributed by atoms with E-state index in [2.05, 4.69) is 16.0 Å². The molecule has 0 aromatic heterocycles. The molecule has 0 unspecified atom stereocenters. The summed E-state index contributed by atoms with van der Waals surface area (Å²) in [6, 6.07) is 6.16. The molecule has 0 radical (unpaired) electrons. The van der Waals surface area contributed by atoms with Gasteiger partial charge in [0.1, 0.15) is 6.04 Å². The maximum Gasteiger partial charge on any atom is 0.319 e. The molecular weight excluding hydrogens is 268 g/mol. The van der Waals surface area contributed by atoms with Crippen LogP contribution in [0.2, 0.25) is 0 Å². The van der Waals surface area contributed by atoms with E-state index in [9.17, 15) is 9.59 Å². The minimum absolute atomic E-state index is 0.148. The van der Waals surface area contributed by atoms with Crippen molar-refractivity contribution in [3.05, 3.63) is 29.3 Å². The first-order valence-corrected chi connectivity index (χ1v) is 6.96. The molecule has 1 atom stereocenters. The number of nitrogens with zero attached hydrogens (tertiary/aromatic N) is 1. The fraction of sp³-hybridized carbons (Fsp3) is 0.400. The average Bonchev–Trinajstić information content (AvgIpc) is 2.66. The summed E-state index contributed by atoms with van der Waals surface area (Å²) < 4.78 is 0. The third kappa shape index (κ3) is 3.96. The molecule has 6 nitrogen and oxygen atoms in total. The van der Waals surface area contributed by atoms with E-state index in [1.807, 2.05) is 13.0 Å². The second-order valence-electron chi connectivity index (χ2n) is 5.08. The Labute approximate surface area is 123 Å². The summed E-state index contributed by atoms with van der Waals surface area (Å²) in [4.78, 5) is 23.8. The van der Waals surface area contributed by atoms with E-state index in [0.717, 1.165) is 18.4 Å². The number of benzene rings is 1. The van der Waals surface area contributed by atoms with Gasteiger partial charge in [0.25, 0.3) is 0 Å². The molecule has 1 aromatic carbocycles. The molecule has 0 saturated carbocycles. The number of carbonyl (C=O) groups is 2. The Balaban J connectivity index is 2.01. The zero-order valence-electron chi connectivity index (χ0n) is 11.9. The number of amides is 3. The molecule has 21 heavy (non-hydrogen) atoms. The van der Waals surface area contributed by atoms with Crippen molar-refractivity contribution in [1.29, 1.82) is 5.26 Å². The van der Waals surface area contributed by atoms with Crippen molar-refractivity contribution in [1.82, 2.24) is 10.6 Å². The van der Waals surface area contributed by atoms with E-state index in [-0.39, 0.29) is 5.91 Å². The maximum atomic E-state index is 12.0. The monoisotopic (exact) mass is 286 g/mol. The molecule has 2 rings (SSSR count). The van der Waals surface area contributed by atoms with Crippen molar-refractivity contribution in [3.8, 4) is 6.07 Å². The molecule has 110 valence electrons. The standard InChI is InChI=1S/C15H18N4O2/c1-10-5-6-11(9-16)8-13(10)19-15(21)18-12-4-2-3-7-17-14(12)20/h5-6,8,12H,2-4,7H2,1H3,(H,17,20)(H2,18,19,21)/t12-/m0/s1. The lowest BCUT2D eigenvalue weighted by Gasteiger charge is -2.16. The van der Waals surface area contributed by atoms with E-state index >= 15 is 0 Å². The average molecular weight is 286 g/mol. The highest BCUT2D eigenvalue weighted by molar-refractivity contribution is 5.94. The van der Waals surface area contributed by atoms with Crippen LogP contribution >= 0.6 is 0 Å². The Bertz CT molecular complexity index is 592. The van der Waals surface area contributed by atoms with Crippen molar-refractivity contribution in [3.63, 3.8) is 0 Å². The van der Waals surface area contributed by atoms with Crippen molar-refractivity contribution in [2.45, 2.75) is 32.2 Å². The summed E-state index contributed by atoms with van der Waals surface area (Å²) in [5.41, 5.74) is 1.90. The van der Waals surface area contributed by atoms with Crippen LogP contribution in [0, 0.1) is 18.3 Å². The van der Waals surface area contributed by atoms with Gasteiger partial charge in [-0.2, -0.15) is 5.26 Å². The lowest BCUT2D eigenvalue weighted by molar-refractivity contribution is -0.122. The smallest absolute Gasteiger partial charge is 0.319 e. The van der Waals surface area contributed by atoms with Gasteiger partial charge >= 0.3 is 6.03 Å². The molecule has 1 fully saturated rings. The van der Waals surface area contributed by atoms with E-state index in [0.29, 0.717) is 24.2 Å². The zero-order chi connectivity index (χ0) is 15.2. The first-order chi connectivity index (χ1) is 10.1. The largest absolute Gasteiger partial charge is 0.354 e. The Morgan fingerprint density at radius 2 is 2.24 bits per heavy atom. The summed E-state index contributed by atoms with van der Waals surface area (Å²) in [6.07, 6.45) is 2.46. The van der Waals surface area contributed by atoms with Crippen LogP contribution in [0.3, 0.4) is 0 Å². The van der Waals surface area contributed by atoms with Gasteiger partial charge in [0, 0.05) is 12.2 Å². The minimum Gasteiger partial charge on any atom is -0.354 e. The van der Waals surface area contributed by atoms with Crippen LogP contribution in [0.4, 0.5) is 10.5 Å². The molecule has 1 saturated heterocycles. The Hall–Kier alpha value is -2.55. The van der Waals surface area contributed by atoms with E-state index in [4.69, 9.17) is 5.26 Å². The van der Waals surface area contributed by atoms with Gasteiger partial charge in [0.2, 0.25) is 5.91 Å². The molecule has 1 aliphatic rings. The summed E-state index contributed by atoms with van der Waals surface area (Å²) in [6.45, 7) is 2.50. The normalized spacial score (nSPS) is 18.1. The molecule has 1 aromatic rings. The summed E-state index contributed by atoms with van der Waals surface area (Å²) >= 11 is 0. The summed E-state index contributed by atoms with van der Waals surface area (Å²) in [5.74, 6) is -0.148. The number of urea groups is 1. The summed E-state index contributed by atoms with van der Waals surface area (Å²) in [5, 5.41) is 17.0. The Kier molecular flexibility index (Phi) is 4.77. The first kappa shape index (κ1) is 14.9. The molecule has 1 heterocycles. The van der Waals surface area contributed by atoms with Gasteiger partial charge in [0.15, 0.2) is 0 Å². The van der Waals surface area contributed by atoms with Crippen LogP contribution in [-0.2, 0) is 4.79 Å². The predicted octanol–water partition coefficient (Wildman–Crippen LogP) is 1.66. The molecule has 0 bridgehead atoms. The zero-order valence-corrected chi connectivity index (χ0v) is 11.9. The fourth-order valence-electron chi connectivity index (χ4n) is 2.22. The number of aryl methyl sites for hydroxylation is 1. The van der Waals surface area contributed by atoms with Crippen LogP contribution in [0.1, 0.15) is 30.4 Å². The molecule has 0 aliphatic carbocycles. The van der Waals surface area contributed by atoms with Crippen LogP contribution in [0.25, 0.3) is 0 Å². The highest BCUT2D eigenvalue weighted by atomic mass is 16.2. The van der Waals surface area contributed by atoms with Crippen molar-refractivity contribution >= 4 is 17.6 Å². The van der Waals surface area contributed by atoms with Gasteiger partial charge < -0.3 is 16.0 Å². The number of nitriles is 1. The van der Waals surface area contributed by atoms with Gasteiger partial charge in [-0.05, 0) is 43.9 Å². The lowest BCUT2D eigenvalue weighted by atomic mass is 10.1. The number of hydrogen-bond acceptors (Lipinski definition) is 3. The SMILES string of the molecule is Cc1ccc(C#N)cc1NC(=O)N[C@H]1CCCCNC1=O. The number of rotatable bonds is 2. The second kappa shape index (κ2) is 6.75. The van der Waals surface area contributed by atoms with E-state index in [1.54, 1.807) is 18.2 Å². The first-order valence-electron chi connectivity index (χ1n) is 6.96. The van der Waals surface area contributed by atoms with Crippen molar-refractivity contribution in [2.24, 2.45) is 0 Å². The van der Waals surface area contributed by atoms with Gasteiger partial charge in [-0.1, -0.05) is 6.07 Å². The van der Waals surface area contributed by atoms with Crippen molar-refractivity contribution in [2.75, 3.05) is 11.9 Å². The summed E-state index contributed by atoms with van der Waals surface area (Å²) in [7, 11) is 0. The predicted molar refractivity (Wildman–Crippen MR) is 78.7 cm³/mol. The van der Waals surface area contributed by atoms with Crippen LogP contribution in [-0.4, -0.2) is 24.5 Å². The van der Waals surface area contributed by atoms with Gasteiger partial charge in [0.05, 0.1) is 11.6 Å². The second-order valence-corrected chi connectivity index (χ2v) is 5.08. The lowest BCUT2D eigenvalue weighted by Crippen LogP contribution is -2.47. The van der Waals surface area contributed by atoms with Crippen molar-refractivity contribution < 1.29 is 9.59 Å². The Morgan fingerprint density at radius 3 is 3.00 bits per heavy atom.